The van der Waals surface area contributed by atoms with Crippen molar-refractivity contribution in [1.82, 2.24) is 15.4 Å². The number of halogens is 3. The third-order valence-corrected chi connectivity index (χ3v) is 3.92. The van der Waals surface area contributed by atoms with E-state index in [-0.39, 0.29) is 29.0 Å². The van der Waals surface area contributed by atoms with Crippen molar-refractivity contribution in [2.45, 2.75) is 13.3 Å². The summed E-state index contributed by atoms with van der Waals surface area (Å²) >= 11 is 0. The van der Waals surface area contributed by atoms with E-state index in [9.17, 15) is 18.0 Å². The Morgan fingerprint density at radius 1 is 1.03 bits per heavy atom. The Balaban J connectivity index is 1.68. The van der Waals surface area contributed by atoms with E-state index in [1.807, 2.05) is 6.07 Å². The van der Waals surface area contributed by atoms with Crippen molar-refractivity contribution in [2.24, 2.45) is 0 Å². The minimum Gasteiger partial charge on any atom is -0.406 e. The Morgan fingerprint density at radius 3 is 2.37 bits per heavy atom. The molecule has 5 N–H and O–H groups in total. The van der Waals surface area contributed by atoms with E-state index in [0.29, 0.717) is 11.3 Å². The maximum atomic E-state index is 12.3. The molecule has 0 fully saturated rings. The van der Waals surface area contributed by atoms with Crippen molar-refractivity contribution >= 4 is 28.9 Å². The Morgan fingerprint density at radius 2 is 1.70 bits per heavy atom. The second-order valence-corrected chi connectivity index (χ2v) is 6.08. The van der Waals surface area contributed by atoms with Crippen LogP contribution in [0.25, 0.3) is 0 Å². The number of aryl methyl sites for hydroxylation is 1. The van der Waals surface area contributed by atoms with Crippen LogP contribution < -0.4 is 26.6 Å². The summed E-state index contributed by atoms with van der Waals surface area (Å²) in [6, 6.07) is 12.1. The molecular weight excluding hydrogens is 401 g/mol. The molecule has 30 heavy (non-hydrogen) atoms. The maximum absolute atomic E-state index is 12.3. The first-order valence-corrected chi connectivity index (χ1v) is 8.58. The predicted molar refractivity (Wildman–Crippen MR) is 105 cm³/mol. The van der Waals surface area contributed by atoms with Crippen molar-refractivity contribution in [1.29, 1.82) is 0 Å². The number of hydrogen-bond donors (Lipinski definition) is 4. The molecule has 0 radical (unpaired) electrons. The van der Waals surface area contributed by atoms with Crippen LogP contribution in [-0.4, -0.2) is 22.2 Å². The quantitative estimate of drug-likeness (QED) is 0.451. The number of rotatable bonds is 6. The zero-order valence-electron chi connectivity index (χ0n) is 15.6. The minimum absolute atomic E-state index is 0.0956. The van der Waals surface area contributed by atoms with Crippen LogP contribution in [0.4, 0.5) is 36.2 Å². The van der Waals surface area contributed by atoms with Gasteiger partial charge in [-0.05, 0) is 42.8 Å². The number of hydrogen-bond acceptors (Lipinski definition) is 7. The van der Waals surface area contributed by atoms with Crippen LogP contribution in [0.3, 0.4) is 0 Å². The van der Waals surface area contributed by atoms with E-state index >= 15 is 0 Å². The summed E-state index contributed by atoms with van der Waals surface area (Å²) in [5, 5.41) is 2.87. The SMILES string of the molecule is Cc1ccccc1C(=O)NNc1ncnc(Nc2ccc(OC(F)(F)F)cc2)c1N. The zero-order valence-corrected chi connectivity index (χ0v) is 15.6. The number of anilines is 4. The first kappa shape index (κ1) is 20.7. The molecule has 1 amide bonds. The van der Waals surface area contributed by atoms with Crippen molar-refractivity contribution in [3.63, 3.8) is 0 Å². The maximum Gasteiger partial charge on any atom is 0.573 e. The predicted octanol–water partition coefficient (Wildman–Crippen LogP) is 3.77. The molecule has 3 rings (SSSR count). The minimum atomic E-state index is -4.77. The van der Waals surface area contributed by atoms with Gasteiger partial charge in [0.05, 0.1) is 0 Å². The summed E-state index contributed by atoms with van der Waals surface area (Å²) in [6.45, 7) is 1.81. The number of ether oxygens (including phenoxy) is 1. The molecule has 0 aliphatic heterocycles. The van der Waals surface area contributed by atoms with Gasteiger partial charge in [-0.3, -0.25) is 15.6 Å². The molecule has 1 aromatic heterocycles. The van der Waals surface area contributed by atoms with Gasteiger partial charge < -0.3 is 15.8 Å². The van der Waals surface area contributed by atoms with E-state index < -0.39 is 6.36 Å². The smallest absolute Gasteiger partial charge is 0.406 e. The highest BCUT2D eigenvalue weighted by atomic mass is 19.4. The van der Waals surface area contributed by atoms with Crippen LogP contribution >= 0.6 is 0 Å². The monoisotopic (exact) mass is 418 g/mol. The number of nitrogens with one attached hydrogen (secondary N) is 3. The third-order valence-electron chi connectivity index (χ3n) is 3.92. The standard InChI is InChI=1S/C19H17F3N6O2/c1-11-4-2-3-5-14(11)18(29)28-27-17-15(23)16(24-10-25-17)26-12-6-8-13(9-7-12)30-19(20,21)22/h2-10H,23H2,1H3,(H,28,29)(H2,24,25,26,27). The van der Waals surface area contributed by atoms with Crippen LogP contribution in [0.2, 0.25) is 0 Å². The topological polar surface area (TPSA) is 114 Å². The first-order chi connectivity index (χ1) is 14.2. The van der Waals surface area contributed by atoms with Gasteiger partial charge in [-0.15, -0.1) is 13.2 Å². The number of benzene rings is 2. The largest absolute Gasteiger partial charge is 0.573 e. The molecule has 0 bridgehead atoms. The van der Waals surface area contributed by atoms with E-state index in [0.717, 1.165) is 17.7 Å². The molecule has 2 aromatic carbocycles. The number of nitrogens with zero attached hydrogens (tertiary/aromatic N) is 2. The lowest BCUT2D eigenvalue weighted by molar-refractivity contribution is -0.274. The van der Waals surface area contributed by atoms with Gasteiger partial charge in [0.25, 0.3) is 5.91 Å². The van der Waals surface area contributed by atoms with Crippen LogP contribution in [0, 0.1) is 6.92 Å². The van der Waals surface area contributed by atoms with Crippen LogP contribution in [-0.2, 0) is 0 Å². The Hall–Kier alpha value is -4.02. The summed E-state index contributed by atoms with van der Waals surface area (Å²) in [7, 11) is 0. The number of nitrogens with two attached hydrogens (primary N) is 1. The Kier molecular flexibility index (Phi) is 5.90. The van der Waals surface area contributed by atoms with Gasteiger partial charge in [-0.25, -0.2) is 9.97 Å². The lowest BCUT2D eigenvalue weighted by Gasteiger charge is -2.14. The van der Waals surface area contributed by atoms with Gasteiger partial charge in [-0.1, -0.05) is 18.2 Å². The van der Waals surface area contributed by atoms with Crippen molar-refractivity contribution in [2.75, 3.05) is 16.5 Å². The summed E-state index contributed by atoms with van der Waals surface area (Å²) < 4.78 is 40.5. The van der Waals surface area contributed by atoms with E-state index in [2.05, 4.69) is 30.9 Å². The molecule has 0 atom stereocenters. The average Bonchev–Trinajstić information content (AvgIpc) is 2.69. The Labute approximate surface area is 169 Å². The average molecular weight is 418 g/mol. The van der Waals surface area contributed by atoms with Crippen molar-refractivity contribution in [3.05, 3.63) is 66.0 Å². The highest BCUT2D eigenvalue weighted by molar-refractivity contribution is 5.96. The summed E-state index contributed by atoms with van der Waals surface area (Å²) in [5.74, 6) is -0.389. The molecule has 0 unspecified atom stereocenters. The number of aromatic nitrogens is 2. The van der Waals surface area contributed by atoms with E-state index in [1.165, 1.54) is 18.5 Å². The molecule has 3 aromatic rings. The summed E-state index contributed by atoms with van der Waals surface area (Å²) in [6.07, 6.45) is -3.56. The molecule has 0 spiro atoms. The lowest BCUT2D eigenvalue weighted by atomic mass is 10.1. The highest BCUT2D eigenvalue weighted by Gasteiger charge is 2.30. The number of alkyl halides is 3. The summed E-state index contributed by atoms with van der Waals surface area (Å²) in [5.41, 5.74) is 13.0. The van der Waals surface area contributed by atoms with Gasteiger partial charge in [0, 0.05) is 11.3 Å². The molecule has 0 aliphatic rings. The number of carbonyl (C=O) groups is 1. The van der Waals surface area contributed by atoms with Gasteiger partial charge in [-0.2, -0.15) is 0 Å². The number of nitrogen functional groups attached to an aromatic ring is 1. The summed E-state index contributed by atoms with van der Waals surface area (Å²) in [4.78, 5) is 20.3. The first-order valence-electron chi connectivity index (χ1n) is 8.58. The molecule has 0 saturated heterocycles. The van der Waals surface area contributed by atoms with Crippen LogP contribution in [0.5, 0.6) is 5.75 Å². The van der Waals surface area contributed by atoms with Crippen LogP contribution in [0.1, 0.15) is 15.9 Å². The molecule has 8 nitrogen and oxygen atoms in total. The number of hydrazine groups is 1. The van der Waals surface area contributed by atoms with E-state index in [1.54, 1.807) is 25.1 Å². The van der Waals surface area contributed by atoms with E-state index in [4.69, 9.17) is 5.73 Å². The molecule has 156 valence electrons. The lowest BCUT2D eigenvalue weighted by Crippen LogP contribution is -2.30. The number of amides is 1. The second-order valence-electron chi connectivity index (χ2n) is 6.08. The van der Waals surface area contributed by atoms with Gasteiger partial charge in [0.2, 0.25) is 0 Å². The fraction of sp³-hybridized carbons (Fsp3) is 0.105. The fourth-order valence-electron chi connectivity index (χ4n) is 2.48. The normalized spacial score (nSPS) is 10.9. The van der Waals surface area contributed by atoms with Crippen molar-refractivity contribution < 1.29 is 22.7 Å². The molecule has 11 heteroatoms. The highest BCUT2D eigenvalue weighted by Crippen LogP contribution is 2.28. The zero-order chi connectivity index (χ0) is 21.7. The van der Waals surface area contributed by atoms with Crippen molar-refractivity contribution in [3.8, 4) is 5.75 Å². The third kappa shape index (κ3) is 5.28. The second kappa shape index (κ2) is 8.55. The number of carbonyl (C=O) groups excluding carboxylic acids is 1. The molecule has 1 heterocycles. The van der Waals surface area contributed by atoms with Gasteiger partial charge in [0.1, 0.15) is 17.8 Å². The fourth-order valence-corrected chi connectivity index (χ4v) is 2.48. The molecule has 0 saturated carbocycles. The van der Waals surface area contributed by atoms with Crippen LogP contribution in [0.15, 0.2) is 54.9 Å². The Bertz CT molecular complexity index is 1040. The molecular formula is C19H17F3N6O2. The molecule has 0 aliphatic carbocycles. The van der Waals surface area contributed by atoms with Gasteiger partial charge in [0.15, 0.2) is 11.6 Å². The van der Waals surface area contributed by atoms with Gasteiger partial charge >= 0.3 is 6.36 Å².